The number of carbonyl (C=O) groups excluding carboxylic acids is 1. The SMILES string of the molecule is C[C@@H]1CC(C(=O)Nc2ccc(Cl)c(C#N)c2)C[C@H](N)Cc2c1ccnc2F. The molecule has 1 aromatic heterocycles. The molecule has 1 aromatic carbocycles. The van der Waals surface area contributed by atoms with Crippen LogP contribution in [0.2, 0.25) is 5.02 Å². The highest BCUT2D eigenvalue weighted by atomic mass is 35.5. The quantitative estimate of drug-likeness (QED) is 0.768. The summed E-state index contributed by atoms with van der Waals surface area (Å²) in [6, 6.07) is 8.23. The third-order valence-corrected chi connectivity index (χ3v) is 5.32. The van der Waals surface area contributed by atoms with Crippen molar-refractivity contribution in [1.29, 1.82) is 5.26 Å². The third-order valence-electron chi connectivity index (χ3n) is 4.99. The van der Waals surface area contributed by atoms with Crippen LogP contribution >= 0.6 is 11.6 Å². The lowest BCUT2D eigenvalue weighted by Gasteiger charge is -2.28. The van der Waals surface area contributed by atoms with Crippen LogP contribution in [-0.4, -0.2) is 16.9 Å². The number of carbonyl (C=O) groups is 1. The van der Waals surface area contributed by atoms with Gasteiger partial charge in [-0.25, -0.2) is 4.98 Å². The Kier molecular flexibility index (Phi) is 5.73. The number of benzene rings is 1. The van der Waals surface area contributed by atoms with E-state index in [1.54, 1.807) is 24.3 Å². The van der Waals surface area contributed by atoms with E-state index >= 15 is 0 Å². The van der Waals surface area contributed by atoms with Crippen molar-refractivity contribution in [2.24, 2.45) is 11.7 Å². The molecule has 27 heavy (non-hydrogen) atoms. The highest BCUT2D eigenvalue weighted by Gasteiger charge is 2.29. The van der Waals surface area contributed by atoms with Crippen molar-refractivity contribution in [3.05, 3.63) is 58.1 Å². The molecule has 1 aliphatic rings. The second-order valence-electron chi connectivity index (χ2n) is 7.00. The Hall–Kier alpha value is -2.49. The molecule has 1 aliphatic carbocycles. The minimum atomic E-state index is -0.483. The van der Waals surface area contributed by atoms with Crippen molar-refractivity contribution in [2.45, 2.75) is 38.1 Å². The third kappa shape index (κ3) is 4.26. The predicted molar refractivity (Wildman–Crippen MR) is 102 cm³/mol. The summed E-state index contributed by atoms with van der Waals surface area (Å²) in [7, 11) is 0. The first kappa shape index (κ1) is 19.3. The number of rotatable bonds is 2. The molecule has 1 heterocycles. The minimum Gasteiger partial charge on any atom is -0.327 e. The molecule has 140 valence electrons. The number of nitrogens with two attached hydrogens (primary N) is 1. The van der Waals surface area contributed by atoms with Gasteiger partial charge in [0.15, 0.2) is 0 Å². The molecule has 2 aromatic rings. The van der Waals surface area contributed by atoms with Crippen LogP contribution in [0.15, 0.2) is 30.5 Å². The fourth-order valence-corrected chi connectivity index (χ4v) is 3.81. The highest BCUT2D eigenvalue weighted by Crippen LogP contribution is 2.33. The van der Waals surface area contributed by atoms with Gasteiger partial charge in [0.25, 0.3) is 0 Å². The summed E-state index contributed by atoms with van der Waals surface area (Å²) in [4.78, 5) is 16.5. The van der Waals surface area contributed by atoms with Crippen molar-refractivity contribution >= 4 is 23.2 Å². The van der Waals surface area contributed by atoms with Gasteiger partial charge >= 0.3 is 0 Å². The van der Waals surface area contributed by atoms with Crippen LogP contribution in [0.1, 0.15) is 42.4 Å². The van der Waals surface area contributed by atoms with E-state index in [2.05, 4.69) is 10.3 Å². The molecule has 0 spiro atoms. The van der Waals surface area contributed by atoms with Crippen LogP contribution < -0.4 is 11.1 Å². The first-order valence-electron chi connectivity index (χ1n) is 8.78. The van der Waals surface area contributed by atoms with Gasteiger partial charge in [0.2, 0.25) is 11.9 Å². The number of nitrogens with zero attached hydrogens (tertiary/aromatic N) is 2. The van der Waals surface area contributed by atoms with Gasteiger partial charge in [0.05, 0.1) is 10.6 Å². The highest BCUT2D eigenvalue weighted by molar-refractivity contribution is 6.31. The van der Waals surface area contributed by atoms with Gasteiger partial charge in [-0.05, 0) is 55.0 Å². The zero-order chi connectivity index (χ0) is 19.6. The van der Waals surface area contributed by atoms with Gasteiger partial charge in [-0.15, -0.1) is 0 Å². The van der Waals surface area contributed by atoms with Crippen LogP contribution in [0.25, 0.3) is 0 Å². The topological polar surface area (TPSA) is 91.8 Å². The molecule has 1 unspecified atom stereocenters. The predicted octanol–water partition coefficient (Wildman–Crippen LogP) is 3.77. The lowest BCUT2D eigenvalue weighted by molar-refractivity contribution is -0.120. The molecule has 0 aliphatic heterocycles. The Morgan fingerprint density at radius 1 is 1.41 bits per heavy atom. The molecule has 0 fully saturated rings. The van der Waals surface area contributed by atoms with Crippen LogP contribution in [-0.2, 0) is 11.2 Å². The van der Waals surface area contributed by atoms with Gasteiger partial charge in [-0.3, -0.25) is 4.79 Å². The summed E-state index contributed by atoms with van der Waals surface area (Å²) in [6.07, 6.45) is 2.80. The van der Waals surface area contributed by atoms with Crippen LogP contribution in [0.5, 0.6) is 0 Å². The first-order valence-corrected chi connectivity index (χ1v) is 9.16. The molecule has 0 saturated heterocycles. The van der Waals surface area contributed by atoms with Gasteiger partial charge in [-0.1, -0.05) is 18.5 Å². The van der Waals surface area contributed by atoms with Crippen molar-refractivity contribution in [2.75, 3.05) is 5.32 Å². The first-order chi connectivity index (χ1) is 12.9. The van der Waals surface area contributed by atoms with Gasteiger partial charge in [0, 0.05) is 29.4 Å². The number of aromatic nitrogens is 1. The maximum Gasteiger partial charge on any atom is 0.227 e. The van der Waals surface area contributed by atoms with Crippen molar-refractivity contribution in [3.63, 3.8) is 0 Å². The monoisotopic (exact) mass is 386 g/mol. The molecule has 0 bridgehead atoms. The summed E-state index contributed by atoms with van der Waals surface area (Å²) in [6.45, 7) is 1.98. The Morgan fingerprint density at radius 3 is 2.93 bits per heavy atom. The van der Waals surface area contributed by atoms with E-state index in [0.29, 0.717) is 41.1 Å². The normalized spacial score (nSPS) is 22.1. The molecule has 5 nitrogen and oxygen atoms in total. The number of fused-ring (bicyclic) bond motifs is 1. The van der Waals surface area contributed by atoms with Crippen molar-refractivity contribution in [3.8, 4) is 6.07 Å². The molecular weight excluding hydrogens is 367 g/mol. The second-order valence-corrected chi connectivity index (χ2v) is 7.41. The second kappa shape index (κ2) is 8.03. The lowest BCUT2D eigenvalue weighted by atomic mass is 9.80. The zero-order valence-electron chi connectivity index (χ0n) is 14.9. The fraction of sp³-hybridized carbons (Fsp3) is 0.350. The Bertz CT molecular complexity index is 911. The molecule has 3 rings (SSSR count). The number of nitrogens with one attached hydrogen (secondary N) is 1. The number of amides is 1. The maximum absolute atomic E-state index is 14.1. The van der Waals surface area contributed by atoms with Crippen LogP contribution in [0.3, 0.4) is 0 Å². The minimum absolute atomic E-state index is 0.000590. The van der Waals surface area contributed by atoms with E-state index in [9.17, 15) is 9.18 Å². The smallest absolute Gasteiger partial charge is 0.227 e. The average molecular weight is 387 g/mol. The molecule has 1 amide bonds. The Balaban J connectivity index is 1.81. The van der Waals surface area contributed by atoms with E-state index in [0.717, 1.165) is 5.56 Å². The van der Waals surface area contributed by atoms with Crippen LogP contribution in [0.4, 0.5) is 10.1 Å². The van der Waals surface area contributed by atoms with Gasteiger partial charge < -0.3 is 11.1 Å². The molecule has 0 radical (unpaired) electrons. The summed E-state index contributed by atoms with van der Waals surface area (Å²) >= 11 is 5.93. The Labute approximate surface area is 162 Å². The van der Waals surface area contributed by atoms with Crippen molar-refractivity contribution < 1.29 is 9.18 Å². The Morgan fingerprint density at radius 2 is 2.19 bits per heavy atom. The van der Waals surface area contributed by atoms with E-state index in [1.807, 2.05) is 13.0 Å². The number of halogens is 2. The molecule has 0 saturated carbocycles. The average Bonchev–Trinajstić information content (AvgIpc) is 2.63. The maximum atomic E-state index is 14.1. The number of hydrogen-bond donors (Lipinski definition) is 2. The van der Waals surface area contributed by atoms with Gasteiger partial charge in [-0.2, -0.15) is 9.65 Å². The zero-order valence-corrected chi connectivity index (χ0v) is 15.6. The lowest BCUT2D eigenvalue weighted by Crippen LogP contribution is -2.35. The summed E-state index contributed by atoms with van der Waals surface area (Å²) in [5, 5.41) is 12.3. The van der Waals surface area contributed by atoms with E-state index in [1.165, 1.54) is 6.20 Å². The number of pyridine rings is 1. The molecule has 7 heteroatoms. The molecular formula is C20H20ClFN4O. The summed E-state index contributed by atoms with van der Waals surface area (Å²) in [5.74, 6) is -0.967. The summed E-state index contributed by atoms with van der Waals surface area (Å²) in [5.41, 5.74) is 8.40. The van der Waals surface area contributed by atoms with Crippen molar-refractivity contribution in [1.82, 2.24) is 4.98 Å². The van der Waals surface area contributed by atoms with E-state index in [-0.39, 0.29) is 23.8 Å². The van der Waals surface area contributed by atoms with Gasteiger partial charge in [0.1, 0.15) is 6.07 Å². The standard InChI is InChI=1S/C20H20ClFN4O/c1-11-6-12(7-14(24)9-17-16(11)4-5-25-19(17)22)20(27)26-15-2-3-18(21)13(8-15)10-23/h2-5,8,11-12,14H,6-7,9,24H2,1H3,(H,26,27)/t11-,12?,14+/m1/s1. The fourth-order valence-electron chi connectivity index (χ4n) is 3.65. The van der Waals surface area contributed by atoms with E-state index in [4.69, 9.17) is 22.6 Å². The van der Waals surface area contributed by atoms with E-state index < -0.39 is 5.95 Å². The van der Waals surface area contributed by atoms with Crippen LogP contribution in [0, 0.1) is 23.2 Å². The molecule has 3 N–H and O–H groups in total. The number of hydrogen-bond acceptors (Lipinski definition) is 4. The summed E-state index contributed by atoms with van der Waals surface area (Å²) < 4.78 is 14.1. The number of nitriles is 1. The number of anilines is 1. The molecule has 3 atom stereocenters. The largest absolute Gasteiger partial charge is 0.327 e.